The first-order chi connectivity index (χ1) is 8.67. The molecule has 1 saturated heterocycles. The van der Waals surface area contributed by atoms with E-state index >= 15 is 0 Å². The molecule has 3 N–H and O–H groups in total. The molecule has 0 bridgehead atoms. The fourth-order valence-electron chi connectivity index (χ4n) is 2.19. The predicted octanol–water partition coefficient (Wildman–Crippen LogP) is -3.19. The van der Waals surface area contributed by atoms with Gasteiger partial charge in [-0.1, -0.05) is 6.92 Å². The molecule has 1 aromatic heterocycles. The molecule has 0 radical (unpaired) electrons. The first-order valence-electron chi connectivity index (χ1n) is 5.70. The Hall–Kier alpha value is -0.210. The summed E-state index contributed by atoms with van der Waals surface area (Å²) in [6, 6.07) is 0. The summed E-state index contributed by atoms with van der Waals surface area (Å²) in [7, 11) is -4.75. The molecule has 2 rings (SSSR count). The molecule has 1 aliphatic heterocycles. The average molecular weight is 314 g/mol. The zero-order chi connectivity index (χ0) is 14.4. The minimum absolute atomic E-state index is 0. The first kappa shape index (κ1) is 17.8. The van der Waals surface area contributed by atoms with Crippen LogP contribution in [-0.2, 0) is 14.8 Å². The number of hydrogen-bond acceptors (Lipinski definition) is 4. The average Bonchev–Trinajstić information content (AvgIpc) is 2.66. The van der Waals surface area contributed by atoms with Crippen LogP contribution >= 0.6 is 7.60 Å². The quantitative estimate of drug-likeness (QED) is 0.390. The molecule has 2 heterocycles. The van der Waals surface area contributed by atoms with Gasteiger partial charge in [-0.3, -0.25) is 18.9 Å². The summed E-state index contributed by atoms with van der Waals surface area (Å²) in [6.45, 7) is 3.34. The molecule has 2 unspecified atom stereocenters. The van der Waals surface area contributed by atoms with E-state index < -0.39 is 24.3 Å². The third-order valence-electron chi connectivity index (χ3n) is 3.17. The Balaban J connectivity index is 0.00000200. The Bertz CT molecular complexity index is 670. The zero-order valence-corrected chi connectivity index (χ0v) is 14.4. The van der Waals surface area contributed by atoms with Crippen molar-refractivity contribution in [1.29, 1.82) is 0 Å². The van der Waals surface area contributed by atoms with E-state index in [4.69, 9.17) is 4.74 Å². The van der Waals surface area contributed by atoms with E-state index in [2.05, 4.69) is 0 Å². The van der Waals surface area contributed by atoms with Gasteiger partial charge in [-0.2, -0.15) is 0 Å². The number of nitrogens with one attached hydrogen (secondary N) is 1. The summed E-state index contributed by atoms with van der Waals surface area (Å²) in [5, 5.41) is 0. The Kier molecular flexibility index (Phi) is 5.25. The minimum Gasteiger partial charge on any atom is -1.00 e. The van der Waals surface area contributed by atoms with Crippen LogP contribution in [-0.4, -0.2) is 25.9 Å². The van der Waals surface area contributed by atoms with E-state index in [0.717, 1.165) is 10.8 Å². The number of nitrogens with zero attached hydrogens (tertiary/aromatic N) is 1. The topological polar surface area (TPSA) is 122 Å². The largest absolute Gasteiger partial charge is 1.00 e. The van der Waals surface area contributed by atoms with Gasteiger partial charge in [0.15, 0.2) is 0 Å². The number of aryl methyl sites for hydroxylation is 1. The van der Waals surface area contributed by atoms with Crippen LogP contribution in [0.1, 0.15) is 20.3 Å². The molecule has 0 saturated carbocycles. The van der Waals surface area contributed by atoms with Gasteiger partial charge in [-0.15, -0.1) is 0 Å². The Morgan fingerprint density at radius 1 is 1.55 bits per heavy atom. The van der Waals surface area contributed by atoms with Gasteiger partial charge in [-0.25, -0.2) is 4.79 Å². The Morgan fingerprint density at radius 3 is 2.60 bits per heavy atom. The fraction of sp³-hybridized carbons (Fsp3) is 0.600. The van der Waals surface area contributed by atoms with Crippen LogP contribution in [0.15, 0.2) is 15.8 Å². The van der Waals surface area contributed by atoms with Crippen molar-refractivity contribution in [2.45, 2.75) is 25.7 Å². The summed E-state index contributed by atoms with van der Waals surface area (Å²) in [6.07, 6.45) is 1.13. The first-order valence-corrected chi connectivity index (χ1v) is 7.31. The van der Waals surface area contributed by atoms with Crippen molar-refractivity contribution in [2.24, 2.45) is 5.92 Å². The third-order valence-corrected chi connectivity index (χ3v) is 4.60. The van der Waals surface area contributed by atoms with Gasteiger partial charge in [0.1, 0.15) is 0 Å². The van der Waals surface area contributed by atoms with Crippen molar-refractivity contribution in [2.75, 3.05) is 6.61 Å². The van der Waals surface area contributed by atoms with E-state index in [9.17, 15) is 23.9 Å². The maximum atomic E-state index is 11.8. The molecule has 20 heavy (non-hydrogen) atoms. The molecular weight excluding hydrogens is 298 g/mol. The van der Waals surface area contributed by atoms with Crippen LogP contribution in [0.3, 0.4) is 0 Å². The maximum Gasteiger partial charge on any atom is 1.00 e. The SMILES string of the molecule is Cc1cn(C2(P(=O)(O)O)CC(C)CO2)c(=O)[nH]c1=O.[H-].[Na+]. The van der Waals surface area contributed by atoms with Gasteiger partial charge in [-0.05, 0) is 12.8 Å². The van der Waals surface area contributed by atoms with Gasteiger partial charge in [0.25, 0.3) is 11.0 Å². The number of rotatable bonds is 2. The van der Waals surface area contributed by atoms with Crippen molar-refractivity contribution in [3.05, 3.63) is 32.6 Å². The Labute approximate surface area is 138 Å². The number of ether oxygens (including phenoxy) is 1. The van der Waals surface area contributed by atoms with Crippen molar-refractivity contribution in [3.8, 4) is 0 Å². The summed E-state index contributed by atoms with van der Waals surface area (Å²) < 4.78 is 17.8. The normalized spacial score (nSPS) is 26.3. The summed E-state index contributed by atoms with van der Waals surface area (Å²) >= 11 is 0. The molecule has 10 heteroatoms. The van der Waals surface area contributed by atoms with E-state index in [-0.39, 0.29) is 55.5 Å². The molecule has 0 spiro atoms. The van der Waals surface area contributed by atoms with Crippen molar-refractivity contribution in [1.82, 2.24) is 9.55 Å². The van der Waals surface area contributed by atoms with Crippen molar-refractivity contribution >= 4 is 7.60 Å². The molecule has 0 amide bonds. The van der Waals surface area contributed by atoms with Crippen molar-refractivity contribution < 1.29 is 50.1 Å². The maximum absolute atomic E-state index is 11.8. The van der Waals surface area contributed by atoms with E-state index in [1.165, 1.54) is 6.92 Å². The smallest absolute Gasteiger partial charge is 1.00 e. The van der Waals surface area contributed by atoms with Crippen LogP contribution in [0, 0.1) is 12.8 Å². The fourth-order valence-corrected chi connectivity index (χ4v) is 3.41. The molecule has 1 aromatic rings. The summed E-state index contributed by atoms with van der Waals surface area (Å²) in [5.41, 5.74) is -3.34. The molecule has 1 aliphatic rings. The third kappa shape index (κ3) is 2.87. The second-order valence-corrected chi connectivity index (χ2v) is 6.64. The zero-order valence-electron chi connectivity index (χ0n) is 12.5. The van der Waals surface area contributed by atoms with Crippen molar-refractivity contribution in [3.63, 3.8) is 0 Å². The molecule has 0 aromatic carbocycles. The molecule has 1 fully saturated rings. The second kappa shape index (κ2) is 5.88. The molecule has 2 atom stereocenters. The van der Waals surface area contributed by atoms with Crippen LogP contribution in [0.2, 0.25) is 0 Å². The van der Waals surface area contributed by atoms with Gasteiger partial charge < -0.3 is 16.0 Å². The molecule has 0 aliphatic carbocycles. The van der Waals surface area contributed by atoms with Crippen LogP contribution in [0.4, 0.5) is 0 Å². The number of aromatic nitrogens is 2. The summed E-state index contributed by atoms with van der Waals surface area (Å²) in [5.74, 6) is -0.105. The monoisotopic (exact) mass is 314 g/mol. The molecule has 108 valence electrons. The molecule has 8 nitrogen and oxygen atoms in total. The van der Waals surface area contributed by atoms with Gasteiger partial charge in [0, 0.05) is 18.2 Å². The molecular formula is C10H16N2NaO6P. The van der Waals surface area contributed by atoms with E-state index in [1.54, 1.807) is 6.92 Å². The van der Waals surface area contributed by atoms with Gasteiger partial charge in [0.2, 0.25) is 0 Å². The van der Waals surface area contributed by atoms with E-state index in [1.807, 2.05) is 4.98 Å². The standard InChI is InChI=1S/C10H15N2O6P.Na.H/c1-6-3-10(18-5-6,19(15,16)17)12-4-7(2)8(13)11-9(12)14;;/h4,6H,3,5H2,1-2H3,(H,11,13,14)(H2,15,16,17);;/q;+1;-1. The number of hydrogen-bond donors (Lipinski definition) is 3. The van der Waals surface area contributed by atoms with Gasteiger partial charge >= 0.3 is 42.8 Å². The Morgan fingerprint density at radius 2 is 2.15 bits per heavy atom. The minimum atomic E-state index is -4.75. The number of aromatic amines is 1. The number of H-pyrrole nitrogens is 1. The van der Waals surface area contributed by atoms with Crippen LogP contribution in [0.25, 0.3) is 0 Å². The van der Waals surface area contributed by atoms with E-state index in [0.29, 0.717) is 0 Å². The summed E-state index contributed by atoms with van der Waals surface area (Å²) in [4.78, 5) is 44.3. The predicted molar refractivity (Wildman–Crippen MR) is 66.9 cm³/mol. The second-order valence-electron chi connectivity index (χ2n) is 4.85. The van der Waals surface area contributed by atoms with Crippen LogP contribution in [0.5, 0.6) is 0 Å². The van der Waals surface area contributed by atoms with Gasteiger partial charge in [0.05, 0.1) is 6.61 Å². The van der Waals surface area contributed by atoms with Crippen LogP contribution < -0.4 is 40.8 Å².